The van der Waals surface area contributed by atoms with Crippen molar-refractivity contribution < 1.29 is 19.1 Å². The molecule has 2 amide bonds. The zero-order valence-electron chi connectivity index (χ0n) is 21.4. The van der Waals surface area contributed by atoms with Crippen LogP contribution in [0.5, 0.6) is 11.5 Å². The molecule has 0 radical (unpaired) electrons. The predicted molar refractivity (Wildman–Crippen MR) is 143 cm³/mol. The van der Waals surface area contributed by atoms with Gasteiger partial charge in [0.2, 0.25) is 18.6 Å². The third-order valence-electron chi connectivity index (χ3n) is 5.97. The van der Waals surface area contributed by atoms with Crippen molar-refractivity contribution in [2.75, 3.05) is 57.1 Å². The van der Waals surface area contributed by atoms with Crippen molar-refractivity contribution in [2.24, 2.45) is 5.41 Å². The first kappa shape index (κ1) is 27.3. The number of ether oxygens (including phenoxy) is 2. The van der Waals surface area contributed by atoms with Gasteiger partial charge in [-0.3, -0.25) is 14.5 Å². The van der Waals surface area contributed by atoms with Gasteiger partial charge in [-0.1, -0.05) is 50.2 Å². The Bertz CT molecular complexity index is 1120. The maximum absolute atomic E-state index is 12.8. The van der Waals surface area contributed by atoms with E-state index in [1.54, 1.807) is 6.07 Å². The van der Waals surface area contributed by atoms with Gasteiger partial charge in [-0.25, -0.2) is 9.97 Å². The molecule has 1 fully saturated rings. The Morgan fingerprint density at radius 3 is 2.57 bits per heavy atom. The number of carbonyl (C=O) groups is 2. The third kappa shape index (κ3) is 7.86. The average Bonchev–Trinajstić information content (AvgIpc) is 3.32. The molecule has 1 saturated heterocycles. The number of hydrogen-bond acceptors (Lipinski definition) is 9. The number of halogens is 1. The molecular weight excluding hydrogens is 516 g/mol. The fourth-order valence-corrected chi connectivity index (χ4v) is 4.85. The Morgan fingerprint density at radius 2 is 1.81 bits per heavy atom. The quantitative estimate of drug-likeness (QED) is 0.211. The van der Waals surface area contributed by atoms with E-state index in [9.17, 15) is 9.59 Å². The number of thioether (sulfide) groups is 1. The van der Waals surface area contributed by atoms with Crippen LogP contribution in [0.2, 0.25) is 5.15 Å². The highest BCUT2D eigenvalue weighted by Crippen LogP contribution is 2.33. The van der Waals surface area contributed by atoms with Gasteiger partial charge in [-0.05, 0) is 17.7 Å². The first-order valence-electron chi connectivity index (χ1n) is 12.3. The van der Waals surface area contributed by atoms with E-state index in [1.807, 2.05) is 37.8 Å². The van der Waals surface area contributed by atoms with Gasteiger partial charge in [0.25, 0.3) is 0 Å². The van der Waals surface area contributed by atoms with Crippen LogP contribution in [0.4, 0.5) is 5.82 Å². The second-order valence-electron chi connectivity index (χ2n) is 9.92. The highest BCUT2D eigenvalue weighted by Gasteiger charge is 2.23. The summed E-state index contributed by atoms with van der Waals surface area (Å²) in [7, 11) is 0. The van der Waals surface area contributed by atoms with Gasteiger partial charge >= 0.3 is 0 Å². The highest BCUT2D eigenvalue weighted by atomic mass is 35.5. The van der Waals surface area contributed by atoms with Crippen LogP contribution >= 0.6 is 23.4 Å². The molecule has 4 rings (SSSR count). The van der Waals surface area contributed by atoms with Crippen LogP contribution in [-0.2, 0) is 16.1 Å². The number of rotatable bonds is 9. The van der Waals surface area contributed by atoms with Gasteiger partial charge in [0.05, 0.1) is 5.75 Å². The zero-order chi connectivity index (χ0) is 26.4. The Balaban J connectivity index is 1.19. The molecular formula is C25H33ClN6O4S. The van der Waals surface area contributed by atoms with E-state index in [4.69, 9.17) is 21.1 Å². The number of piperazine rings is 1. The lowest BCUT2D eigenvalue weighted by Crippen LogP contribution is -2.48. The molecule has 37 heavy (non-hydrogen) atoms. The number of aromatic nitrogens is 2. The summed E-state index contributed by atoms with van der Waals surface area (Å²) in [5, 5.41) is 6.75. The SMILES string of the molecule is CC(C)(C)C(=O)NCCNc1cc(Cl)nc(SCC(=O)N2CCN(Cc3ccc4c(c3)OCO4)CC2)n1. The molecule has 3 heterocycles. The van der Waals surface area contributed by atoms with Gasteiger partial charge < -0.3 is 25.0 Å². The molecule has 0 aliphatic carbocycles. The van der Waals surface area contributed by atoms with Gasteiger partial charge in [0.1, 0.15) is 11.0 Å². The predicted octanol–water partition coefficient (Wildman–Crippen LogP) is 2.87. The number of anilines is 1. The van der Waals surface area contributed by atoms with Crippen LogP contribution < -0.4 is 20.1 Å². The molecule has 200 valence electrons. The monoisotopic (exact) mass is 548 g/mol. The lowest BCUT2D eigenvalue weighted by molar-refractivity contribution is -0.130. The number of amides is 2. The molecule has 2 aliphatic rings. The van der Waals surface area contributed by atoms with Crippen LogP contribution in [0.15, 0.2) is 29.4 Å². The van der Waals surface area contributed by atoms with Crippen LogP contribution in [0.1, 0.15) is 26.3 Å². The number of benzene rings is 1. The summed E-state index contributed by atoms with van der Waals surface area (Å²) >= 11 is 7.43. The summed E-state index contributed by atoms with van der Waals surface area (Å²) in [5.74, 6) is 2.40. The molecule has 1 aromatic heterocycles. The van der Waals surface area contributed by atoms with Gasteiger partial charge in [0.15, 0.2) is 16.7 Å². The number of nitrogens with one attached hydrogen (secondary N) is 2. The molecule has 0 atom stereocenters. The highest BCUT2D eigenvalue weighted by molar-refractivity contribution is 7.99. The van der Waals surface area contributed by atoms with Crippen LogP contribution in [0.25, 0.3) is 0 Å². The maximum Gasteiger partial charge on any atom is 0.233 e. The van der Waals surface area contributed by atoms with E-state index in [0.29, 0.717) is 42.3 Å². The van der Waals surface area contributed by atoms with E-state index in [2.05, 4.69) is 31.6 Å². The minimum atomic E-state index is -0.436. The smallest absolute Gasteiger partial charge is 0.233 e. The Labute approximate surface area is 226 Å². The molecule has 0 unspecified atom stereocenters. The second kappa shape index (κ2) is 12.2. The first-order chi connectivity index (χ1) is 17.7. The van der Waals surface area contributed by atoms with Crippen LogP contribution in [0, 0.1) is 5.41 Å². The summed E-state index contributed by atoms with van der Waals surface area (Å²) in [6.45, 7) is 10.6. The third-order valence-corrected chi connectivity index (χ3v) is 6.99. The summed E-state index contributed by atoms with van der Waals surface area (Å²) < 4.78 is 10.8. The Kier molecular flexibility index (Phi) is 8.99. The Hall–Kier alpha value is -2.76. The van der Waals surface area contributed by atoms with Gasteiger partial charge in [0, 0.05) is 57.3 Å². The van der Waals surface area contributed by atoms with E-state index in [1.165, 1.54) is 17.3 Å². The summed E-state index contributed by atoms with van der Waals surface area (Å²) in [6, 6.07) is 7.64. The molecule has 2 aliphatic heterocycles. The molecule has 2 N–H and O–H groups in total. The molecule has 10 nitrogen and oxygen atoms in total. The Morgan fingerprint density at radius 1 is 1.05 bits per heavy atom. The molecule has 0 bridgehead atoms. The van der Waals surface area contributed by atoms with Crippen molar-refractivity contribution in [3.8, 4) is 11.5 Å². The molecule has 1 aromatic carbocycles. The summed E-state index contributed by atoms with van der Waals surface area (Å²) in [4.78, 5) is 37.7. The van der Waals surface area contributed by atoms with Crippen molar-refractivity contribution in [3.63, 3.8) is 0 Å². The van der Waals surface area contributed by atoms with E-state index >= 15 is 0 Å². The zero-order valence-corrected chi connectivity index (χ0v) is 23.0. The van der Waals surface area contributed by atoms with Crippen molar-refractivity contribution >= 4 is 41.0 Å². The van der Waals surface area contributed by atoms with Crippen molar-refractivity contribution in [2.45, 2.75) is 32.5 Å². The number of fused-ring (bicyclic) bond motifs is 1. The summed E-state index contributed by atoms with van der Waals surface area (Å²) in [6.07, 6.45) is 0. The summed E-state index contributed by atoms with van der Waals surface area (Å²) in [5.41, 5.74) is 0.729. The van der Waals surface area contributed by atoms with Gasteiger partial charge in [-0.2, -0.15) is 0 Å². The minimum Gasteiger partial charge on any atom is -0.454 e. The van der Waals surface area contributed by atoms with E-state index < -0.39 is 5.41 Å². The topological polar surface area (TPSA) is 109 Å². The van der Waals surface area contributed by atoms with E-state index in [0.717, 1.165) is 31.1 Å². The normalized spacial score (nSPS) is 15.5. The second-order valence-corrected chi connectivity index (χ2v) is 11.3. The van der Waals surface area contributed by atoms with Crippen LogP contribution in [0.3, 0.4) is 0 Å². The minimum absolute atomic E-state index is 0.0152. The van der Waals surface area contributed by atoms with E-state index in [-0.39, 0.29) is 24.4 Å². The largest absolute Gasteiger partial charge is 0.454 e. The average molecular weight is 549 g/mol. The lowest BCUT2D eigenvalue weighted by Gasteiger charge is -2.34. The number of carbonyl (C=O) groups excluding carboxylic acids is 2. The van der Waals surface area contributed by atoms with Crippen molar-refractivity contribution in [3.05, 3.63) is 35.0 Å². The van der Waals surface area contributed by atoms with Crippen LogP contribution in [-0.4, -0.2) is 83.4 Å². The fraction of sp³-hybridized carbons (Fsp3) is 0.520. The molecule has 0 spiro atoms. The standard InChI is InChI=1S/C25H33ClN6O4S/c1-25(2,3)23(34)28-7-6-27-21-13-20(26)29-24(30-21)37-15-22(33)32-10-8-31(9-11-32)14-17-4-5-18-19(12-17)36-16-35-18/h4-5,12-13H,6-11,14-16H2,1-3H3,(H,28,34)(H,27,29,30). The molecule has 0 saturated carbocycles. The molecule has 2 aromatic rings. The maximum atomic E-state index is 12.8. The number of hydrogen-bond donors (Lipinski definition) is 2. The van der Waals surface area contributed by atoms with Gasteiger partial charge in [-0.15, -0.1) is 0 Å². The molecule has 12 heteroatoms. The number of nitrogens with zero attached hydrogens (tertiary/aromatic N) is 4. The lowest BCUT2D eigenvalue weighted by atomic mass is 9.96. The fourth-order valence-electron chi connectivity index (χ4n) is 3.85. The van der Waals surface area contributed by atoms with Crippen molar-refractivity contribution in [1.29, 1.82) is 0 Å². The van der Waals surface area contributed by atoms with Crippen molar-refractivity contribution in [1.82, 2.24) is 25.1 Å². The first-order valence-corrected chi connectivity index (χ1v) is 13.6.